The van der Waals surface area contributed by atoms with Gasteiger partial charge in [0.1, 0.15) is 6.04 Å². The minimum absolute atomic E-state index is 0. The van der Waals surface area contributed by atoms with Gasteiger partial charge >= 0.3 is 5.97 Å². The van der Waals surface area contributed by atoms with Gasteiger partial charge in [0, 0.05) is 6.54 Å². The smallest absolute Gasteiger partial charge is 0.324 e. The van der Waals surface area contributed by atoms with E-state index in [1.54, 1.807) is 12.1 Å². The van der Waals surface area contributed by atoms with Crippen molar-refractivity contribution in [1.29, 1.82) is 0 Å². The van der Waals surface area contributed by atoms with Gasteiger partial charge < -0.3 is 15.8 Å². The number of nitrogens with one attached hydrogen (secondary N) is 1. The summed E-state index contributed by atoms with van der Waals surface area (Å²) < 4.78 is 4.95. The van der Waals surface area contributed by atoms with E-state index in [1.807, 2.05) is 0 Å². The number of thiophene rings is 1. The lowest BCUT2D eigenvalue weighted by atomic mass is 10.3. The Bertz CT molecular complexity index is 397. The van der Waals surface area contributed by atoms with Crippen LogP contribution in [0.5, 0.6) is 0 Å². The molecule has 0 fully saturated rings. The fourth-order valence-electron chi connectivity index (χ4n) is 0.961. The molecular weight excluding hydrogens is 287 g/mol. The normalized spacial score (nSPS) is 11.2. The molecule has 0 radical (unpaired) electrons. The molecule has 8 heteroatoms. The van der Waals surface area contributed by atoms with Crippen molar-refractivity contribution >= 4 is 47.2 Å². The topological polar surface area (TPSA) is 81.4 Å². The number of carbonyl (C=O) groups excluding carboxylic acids is 2. The number of esters is 1. The zero-order chi connectivity index (χ0) is 12.1. The lowest BCUT2D eigenvalue weighted by Gasteiger charge is -2.09. The molecule has 1 amide bonds. The van der Waals surface area contributed by atoms with Gasteiger partial charge in [0.15, 0.2) is 0 Å². The van der Waals surface area contributed by atoms with E-state index >= 15 is 0 Å². The van der Waals surface area contributed by atoms with Crippen LogP contribution >= 0.6 is 35.3 Å². The van der Waals surface area contributed by atoms with Crippen LogP contribution < -0.4 is 11.1 Å². The number of carbonyl (C=O) groups is 2. The van der Waals surface area contributed by atoms with E-state index in [1.165, 1.54) is 7.11 Å². The Morgan fingerprint density at radius 2 is 2.24 bits per heavy atom. The molecule has 1 aromatic heterocycles. The maximum atomic E-state index is 11.5. The molecule has 0 saturated heterocycles. The molecule has 1 atom stereocenters. The van der Waals surface area contributed by atoms with E-state index in [4.69, 9.17) is 17.3 Å². The van der Waals surface area contributed by atoms with Crippen molar-refractivity contribution in [3.8, 4) is 0 Å². The Balaban J connectivity index is 0.00000256. The molecule has 0 aliphatic heterocycles. The van der Waals surface area contributed by atoms with Gasteiger partial charge in [-0.1, -0.05) is 11.6 Å². The minimum atomic E-state index is -0.857. The van der Waals surface area contributed by atoms with Gasteiger partial charge in [-0.3, -0.25) is 9.59 Å². The predicted octanol–water partition coefficient (Wildman–Crippen LogP) is 1.05. The quantitative estimate of drug-likeness (QED) is 0.814. The van der Waals surface area contributed by atoms with Gasteiger partial charge in [0.2, 0.25) is 0 Å². The Morgan fingerprint density at radius 3 is 2.71 bits per heavy atom. The van der Waals surface area contributed by atoms with E-state index < -0.39 is 12.0 Å². The Labute approximate surface area is 114 Å². The summed E-state index contributed by atoms with van der Waals surface area (Å²) in [5.74, 6) is -0.874. The van der Waals surface area contributed by atoms with E-state index in [9.17, 15) is 9.59 Å². The SMILES string of the molecule is COC(=O)[C@@H](N)CNC(=O)c1ccc(Cl)s1.Cl. The van der Waals surface area contributed by atoms with Crippen molar-refractivity contribution in [2.45, 2.75) is 6.04 Å². The van der Waals surface area contributed by atoms with Crippen molar-refractivity contribution in [3.05, 3.63) is 21.3 Å². The summed E-state index contributed by atoms with van der Waals surface area (Å²) in [6, 6.07) is 2.37. The first-order chi connectivity index (χ1) is 7.54. The van der Waals surface area contributed by atoms with Gasteiger partial charge in [-0.15, -0.1) is 23.7 Å². The lowest BCUT2D eigenvalue weighted by molar-refractivity contribution is -0.141. The monoisotopic (exact) mass is 298 g/mol. The largest absolute Gasteiger partial charge is 0.468 e. The van der Waals surface area contributed by atoms with Crippen molar-refractivity contribution in [2.75, 3.05) is 13.7 Å². The first-order valence-electron chi connectivity index (χ1n) is 4.41. The standard InChI is InChI=1S/C9H11ClN2O3S.ClH/c1-15-9(14)5(11)4-12-8(13)6-2-3-7(10)16-6;/h2-3,5H,4,11H2,1H3,(H,12,13);1H/t5-;/m0./s1. The molecule has 5 nitrogen and oxygen atoms in total. The molecule has 17 heavy (non-hydrogen) atoms. The molecule has 0 saturated carbocycles. The molecule has 0 bridgehead atoms. The van der Waals surface area contributed by atoms with Crippen LogP contribution in [0.4, 0.5) is 0 Å². The zero-order valence-corrected chi connectivity index (χ0v) is 11.3. The average Bonchev–Trinajstić information content (AvgIpc) is 2.71. The highest BCUT2D eigenvalue weighted by atomic mass is 35.5. The number of nitrogens with two attached hydrogens (primary N) is 1. The van der Waals surface area contributed by atoms with Crippen molar-refractivity contribution < 1.29 is 14.3 Å². The molecule has 3 N–H and O–H groups in total. The van der Waals surface area contributed by atoms with Crippen molar-refractivity contribution in [3.63, 3.8) is 0 Å². The van der Waals surface area contributed by atoms with E-state index in [0.717, 1.165) is 11.3 Å². The number of amides is 1. The summed E-state index contributed by atoms with van der Waals surface area (Å²) >= 11 is 6.84. The second-order valence-corrected chi connectivity index (χ2v) is 4.66. The lowest BCUT2D eigenvalue weighted by Crippen LogP contribution is -2.42. The summed E-state index contributed by atoms with van der Waals surface area (Å²) in [7, 11) is 1.24. The van der Waals surface area contributed by atoms with E-state index in [2.05, 4.69) is 10.1 Å². The van der Waals surface area contributed by atoms with Crippen LogP contribution in [0.15, 0.2) is 12.1 Å². The summed E-state index contributed by atoms with van der Waals surface area (Å²) in [5.41, 5.74) is 5.45. The first-order valence-corrected chi connectivity index (χ1v) is 5.61. The summed E-state index contributed by atoms with van der Waals surface area (Å²) in [5, 5.41) is 2.51. The van der Waals surface area contributed by atoms with Gasteiger partial charge in [0.05, 0.1) is 16.3 Å². The van der Waals surface area contributed by atoms with Crippen LogP contribution in [0.3, 0.4) is 0 Å². The van der Waals surface area contributed by atoms with Crippen LogP contribution in [0.25, 0.3) is 0 Å². The second kappa shape index (κ2) is 7.50. The Kier molecular flexibility index (Phi) is 7.13. The highest BCUT2D eigenvalue weighted by Crippen LogP contribution is 2.20. The molecule has 0 aliphatic rings. The Morgan fingerprint density at radius 1 is 1.59 bits per heavy atom. The van der Waals surface area contributed by atoms with Crippen LogP contribution in [0.1, 0.15) is 9.67 Å². The third kappa shape index (κ3) is 4.91. The molecule has 1 heterocycles. The minimum Gasteiger partial charge on any atom is -0.468 e. The third-order valence-corrected chi connectivity index (χ3v) is 3.01. The Hall–Kier alpha value is -0.820. The average molecular weight is 299 g/mol. The zero-order valence-electron chi connectivity index (χ0n) is 8.94. The fourth-order valence-corrected chi connectivity index (χ4v) is 1.92. The van der Waals surface area contributed by atoms with Gasteiger partial charge in [-0.25, -0.2) is 0 Å². The maximum Gasteiger partial charge on any atom is 0.324 e. The highest BCUT2D eigenvalue weighted by Gasteiger charge is 2.15. The third-order valence-electron chi connectivity index (χ3n) is 1.78. The molecule has 0 aliphatic carbocycles. The highest BCUT2D eigenvalue weighted by molar-refractivity contribution is 7.17. The number of methoxy groups -OCH3 is 1. The number of ether oxygens (including phenoxy) is 1. The first kappa shape index (κ1) is 16.2. The van der Waals surface area contributed by atoms with E-state index in [0.29, 0.717) is 9.21 Å². The molecule has 1 rings (SSSR count). The van der Waals surface area contributed by atoms with Crippen LogP contribution in [0, 0.1) is 0 Å². The van der Waals surface area contributed by atoms with Gasteiger partial charge in [-0.05, 0) is 12.1 Å². The van der Waals surface area contributed by atoms with Crippen molar-refractivity contribution in [1.82, 2.24) is 5.32 Å². The van der Waals surface area contributed by atoms with Crippen molar-refractivity contribution in [2.24, 2.45) is 5.73 Å². The van der Waals surface area contributed by atoms with Crippen LogP contribution in [-0.2, 0) is 9.53 Å². The van der Waals surface area contributed by atoms with Crippen LogP contribution in [-0.4, -0.2) is 31.6 Å². The van der Waals surface area contributed by atoms with Gasteiger partial charge in [0.25, 0.3) is 5.91 Å². The molecule has 96 valence electrons. The van der Waals surface area contributed by atoms with E-state index in [-0.39, 0.29) is 24.9 Å². The number of hydrogen-bond acceptors (Lipinski definition) is 5. The second-order valence-electron chi connectivity index (χ2n) is 2.94. The fraction of sp³-hybridized carbons (Fsp3) is 0.333. The summed E-state index contributed by atoms with van der Waals surface area (Å²) in [6.07, 6.45) is 0. The number of rotatable bonds is 4. The van der Waals surface area contributed by atoms with Crippen LogP contribution in [0.2, 0.25) is 4.34 Å². The predicted molar refractivity (Wildman–Crippen MR) is 68.9 cm³/mol. The number of halogens is 2. The molecule has 1 aromatic rings. The molecule has 0 spiro atoms. The number of hydrogen-bond donors (Lipinski definition) is 2. The molecule has 0 unspecified atom stereocenters. The van der Waals surface area contributed by atoms with Gasteiger partial charge in [-0.2, -0.15) is 0 Å². The summed E-state index contributed by atoms with van der Waals surface area (Å²) in [4.78, 5) is 22.9. The molecular formula is C9H12Cl2N2O3S. The maximum absolute atomic E-state index is 11.5. The molecule has 0 aromatic carbocycles. The summed E-state index contributed by atoms with van der Waals surface area (Å²) in [6.45, 7) is 0.0288.